The fourth-order valence-corrected chi connectivity index (χ4v) is 3.14. The van der Waals surface area contributed by atoms with E-state index in [4.69, 9.17) is 23.2 Å². The first-order valence-corrected chi connectivity index (χ1v) is 8.91. The molecule has 9 heteroatoms. The number of nitrogens with zero attached hydrogens (tertiary/aromatic N) is 1. The number of amides is 1. The minimum Gasteiger partial charge on any atom is -0.478 e. The van der Waals surface area contributed by atoms with E-state index in [1.54, 1.807) is 30.3 Å². The van der Waals surface area contributed by atoms with Crippen LogP contribution in [-0.2, 0) is 4.79 Å². The number of rotatable bonds is 6. The van der Waals surface area contributed by atoms with Gasteiger partial charge in [0.1, 0.15) is 17.4 Å². The molecular weight excluding hydrogens is 405 g/mol. The number of carboxylic acid groups (broad SMARTS) is 1. The smallest absolute Gasteiger partial charge is 0.339 e. The van der Waals surface area contributed by atoms with E-state index in [2.05, 4.69) is 15.6 Å². The lowest BCUT2D eigenvalue weighted by molar-refractivity contribution is -0.117. The van der Waals surface area contributed by atoms with Crippen LogP contribution in [0, 0.1) is 0 Å². The molecule has 0 saturated heterocycles. The number of benzene rings is 2. The second-order valence-corrected chi connectivity index (χ2v) is 6.73. The SMILES string of the molecule is O=C(O)c1cc2cc(Cl)cc(Cl)c2nc1NC(CO)C(=O)Nc1ccccc1. The molecule has 3 rings (SSSR count). The Morgan fingerprint density at radius 3 is 2.46 bits per heavy atom. The monoisotopic (exact) mass is 419 g/mol. The number of pyridine rings is 1. The normalized spacial score (nSPS) is 11.8. The number of hydrogen-bond acceptors (Lipinski definition) is 5. The second-order valence-electron chi connectivity index (χ2n) is 5.88. The number of carbonyl (C=O) groups is 2. The Kier molecular flexibility index (Phi) is 5.99. The number of anilines is 2. The molecule has 0 aliphatic heterocycles. The molecule has 28 heavy (non-hydrogen) atoms. The van der Waals surface area contributed by atoms with E-state index in [1.807, 2.05) is 0 Å². The van der Waals surface area contributed by atoms with Gasteiger partial charge >= 0.3 is 5.97 Å². The van der Waals surface area contributed by atoms with E-state index >= 15 is 0 Å². The Labute approximate surface area is 169 Å². The topological polar surface area (TPSA) is 112 Å². The maximum absolute atomic E-state index is 12.5. The first kappa shape index (κ1) is 19.9. The highest BCUT2D eigenvalue weighted by Crippen LogP contribution is 2.30. The van der Waals surface area contributed by atoms with Crippen molar-refractivity contribution in [2.75, 3.05) is 17.2 Å². The van der Waals surface area contributed by atoms with Gasteiger partial charge in [0, 0.05) is 16.1 Å². The van der Waals surface area contributed by atoms with Gasteiger partial charge in [0.2, 0.25) is 5.91 Å². The van der Waals surface area contributed by atoms with Crippen LogP contribution in [0.4, 0.5) is 11.5 Å². The van der Waals surface area contributed by atoms with E-state index < -0.39 is 24.5 Å². The van der Waals surface area contributed by atoms with Crippen LogP contribution in [0.3, 0.4) is 0 Å². The van der Waals surface area contributed by atoms with Gasteiger partial charge in [0.15, 0.2) is 0 Å². The Bertz CT molecular complexity index is 1040. The van der Waals surface area contributed by atoms with E-state index in [1.165, 1.54) is 18.2 Å². The number of halogens is 2. The van der Waals surface area contributed by atoms with Crippen molar-refractivity contribution in [2.24, 2.45) is 0 Å². The van der Waals surface area contributed by atoms with Crippen molar-refractivity contribution in [3.8, 4) is 0 Å². The fourth-order valence-electron chi connectivity index (χ4n) is 2.59. The maximum atomic E-state index is 12.5. The first-order chi connectivity index (χ1) is 13.4. The number of carboxylic acids is 1. The molecule has 0 radical (unpaired) electrons. The van der Waals surface area contributed by atoms with E-state index in [9.17, 15) is 19.8 Å². The van der Waals surface area contributed by atoms with Crippen LogP contribution >= 0.6 is 23.2 Å². The molecule has 1 aromatic heterocycles. The molecule has 0 aliphatic carbocycles. The highest BCUT2D eigenvalue weighted by Gasteiger charge is 2.22. The standard InChI is InChI=1S/C19H15Cl2N3O4/c20-11-6-10-7-13(19(27)28)17(24-16(10)14(21)8-11)23-15(9-25)18(26)22-12-4-2-1-3-5-12/h1-8,15,25H,9H2,(H,22,26)(H,23,24)(H,27,28). The van der Waals surface area contributed by atoms with Gasteiger partial charge < -0.3 is 20.8 Å². The van der Waals surface area contributed by atoms with Gasteiger partial charge in [-0.2, -0.15) is 0 Å². The molecule has 7 nitrogen and oxygen atoms in total. The number of aromatic nitrogens is 1. The van der Waals surface area contributed by atoms with E-state index in [0.29, 0.717) is 21.6 Å². The number of para-hydroxylation sites is 1. The molecule has 1 heterocycles. The van der Waals surface area contributed by atoms with Crippen LogP contribution < -0.4 is 10.6 Å². The Morgan fingerprint density at radius 2 is 1.82 bits per heavy atom. The quantitative estimate of drug-likeness (QED) is 0.485. The summed E-state index contributed by atoms with van der Waals surface area (Å²) in [6.07, 6.45) is 0. The second kappa shape index (κ2) is 8.43. The Hall–Kier alpha value is -2.87. The van der Waals surface area contributed by atoms with Crippen molar-refractivity contribution >= 4 is 57.5 Å². The molecule has 0 bridgehead atoms. The van der Waals surface area contributed by atoms with Gasteiger partial charge in [-0.1, -0.05) is 41.4 Å². The number of hydrogen-bond donors (Lipinski definition) is 4. The largest absolute Gasteiger partial charge is 0.478 e. The third kappa shape index (κ3) is 4.33. The lowest BCUT2D eigenvalue weighted by Crippen LogP contribution is -2.38. The van der Waals surface area contributed by atoms with Gasteiger partial charge in [-0.15, -0.1) is 0 Å². The summed E-state index contributed by atoms with van der Waals surface area (Å²) >= 11 is 12.1. The molecular formula is C19H15Cl2N3O4. The molecule has 2 aromatic carbocycles. The minimum absolute atomic E-state index is 0.0912. The summed E-state index contributed by atoms with van der Waals surface area (Å²) in [5, 5.41) is 25.5. The molecule has 0 saturated carbocycles. The van der Waals surface area contributed by atoms with E-state index in [-0.39, 0.29) is 16.4 Å². The van der Waals surface area contributed by atoms with Gasteiger partial charge in [0.05, 0.1) is 17.1 Å². The zero-order valence-corrected chi connectivity index (χ0v) is 15.8. The maximum Gasteiger partial charge on any atom is 0.339 e. The van der Waals surface area contributed by atoms with E-state index in [0.717, 1.165) is 0 Å². The van der Waals surface area contributed by atoms with Crippen LogP contribution in [0.1, 0.15) is 10.4 Å². The summed E-state index contributed by atoms with van der Waals surface area (Å²) in [5.74, 6) is -1.89. The molecule has 144 valence electrons. The van der Waals surface area contributed by atoms with Crippen LogP contribution in [0.5, 0.6) is 0 Å². The molecule has 1 amide bonds. The summed E-state index contributed by atoms with van der Waals surface area (Å²) in [6.45, 7) is -0.578. The lowest BCUT2D eigenvalue weighted by Gasteiger charge is -2.18. The fraction of sp³-hybridized carbons (Fsp3) is 0.105. The van der Waals surface area contributed by atoms with Crippen LogP contribution in [0.2, 0.25) is 10.0 Å². The summed E-state index contributed by atoms with van der Waals surface area (Å²) in [5.41, 5.74) is 0.672. The summed E-state index contributed by atoms with van der Waals surface area (Å²) in [6, 6.07) is 11.9. The average Bonchev–Trinajstić information content (AvgIpc) is 2.66. The highest BCUT2D eigenvalue weighted by molar-refractivity contribution is 6.38. The van der Waals surface area contributed by atoms with Crippen LogP contribution in [0.15, 0.2) is 48.5 Å². The summed E-state index contributed by atoms with van der Waals surface area (Å²) in [7, 11) is 0. The number of nitrogens with one attached hydrogen (secondary N) is 2. The van der Waals surface area contributed by atoms with Crippen molar-refractivity contribution in [3.05, 3.63) is 64.1 Å². The number of carbonyl (C=O) groups excluding carboxylic acids is 1. The number of fused-ring (bicyclic) bond motifs is 1. The minimum atomic E-state index is -1.26. The van der Waals surface area contributed by atoms with Crippen molar-refractivity contribution in [1.82, 2.24) is 4.98 Å². The van der Waals surface area contributed by atoms with Crippen LogP contribution in [0.25, 0.3) is 10.9 Å². The molecule has 4 N–H and O–H groups in total. The number of aliphatic hydroxyl groups is 1. The van der Waals surface area contributed by atoms with Gasteiger partial charge in [0.25, 0.3) is 0 Å². The van der Waals surface area contributed by atoms with Crippen molar-refractivity contribution < 1.29 is 19.8 Å². The molecule has 1 atom stereocenters. The summed E-state index contributed by atoms with van der Waals surface area (Å²) < 4.78 is 0. The molecule has 0 fully saturated rings. The van der Waals surface area contributed by atoms with Crippen molar-refractivity contribution in [2.45, 2.75) is 6.04 Å². The molecule has 3 aromatic rings. The number of aliphatic hydroxyl groups excluding tert-OH is 1. The lowest BCUT2D eigenvalue weighted by atomic mass is 10.1. The average molecular weight is 420 g/mol. The number of aromatic carboxylic acids is 1. The molecule has 0 aliphatic rings. The zero-order valence-electron chi connectivity index (χ0n) is 14.3. The van der Waals surface area contributed by atoms with Crippen molar-refractivity contribution in [3.63, 3.8) is 0 Å². The van der Waals surface area contributed by atoms with Gasteiger partial charge in [-0.05, 0) is 30.3 Å². The van der Waals surface area contributed by atoms with Crippen LogP contribution in [-0.4, -0.2) is 39.7 Å². The highest BCUT2D eigenvalue weighted by atomic mass is 35.5. The van der Waals surface area contributed by atoms with Crippen molar-refractivity contribution in [1.29, 1.82) is 0 Å². The molecule has 0 spiro atoms. The third-order valence-electron chi connectivity index (χ3n) is 3.92. The Morgan fingerprint density at radius 1 is 1.11 bits per heavy atom. The first-order valence-electron chi connectivity index (χ1n) is 8.15. The van der Waals surface area contributed by atoms with Gasteiger partial charge in [-0.3, -0.25) is 4.79 Å². The molecule has 1 unspecified atom stereocenters. The Balaban J connectivity index is 1.95. The zero-order chi connectivity index (χ0) is 20.3. The predicted molar refractivity (Wildman–Crippen MR) is 108 cm³/mol. The van der Waals surface area contributed by atoms with Gasteiger partial charge in [-0.25, -0.2) is 9.78 Å². The third-order valence-corrected chi connectivity index (χ3v) is 4.42. The summed E-state index contributed by atoms with van der Waals surface area (Å²) in [4.78, 5) is 28.3. The predicted octanol–water partition coefficient (Wildman–Crippen LogP) is 3.65.